The van der Waals surface area contributed by atoms with Gasteiger partial charge in [0.05, 0.1) is 33.2 Å². The first-order valence-corrected chi connectivity index (χ1v) is 9.18. The van der Waals surface area contributed by atoms with Crippen molar-refractivity contribution in [2.24, 2.45) is 0 Å². The van der Waals surface area contributed by atoms with Gasteiger partial charge in [-0.15, -0.1) is 0 Å². The van der Waals surface area contributed by atoms with Crippen molar-refractivity contribution in [2.75, 3.05) is 11.6 Å². The fourth-order valence-electron chi connectivity index (χ4n) is 3.54. The van der Waals surface area contributed by atoms with Gasteiger partial charge in [-0.3, -0.25) is 0 Å². The molecule has 27 heavy (non-hydrogen) atoms. The fraction of sp³-hybridized carbons (Fsp3) is 0.0952. The van der Waals surface area contributed by atoms with Gasteiger partial charge in [-0.2, -0.15) is 0 Å². The molecule has 0 N–H and O–H groups in total. The Balaban J connectivity index is 1.71. The first kappa shape index (κ1) is 16.5. The molecule has 0 aliphatic carbocycles. The van der Waals surface area contributed by atoms with Gasteiger partial charge in [0, 0.05) is 5.39 Å². The summed E-state index contributed by atoms with van der Waals surface area (Å²) in [5, 5.41) is 3.27. The molecule has 3 aromatic carbocycles. The van der Waals surface area contributed by atoms with Gasteiger partial charge in [-0.25, -0.2) is 4.79 Å². The molecule has 0 saturated carbocycles. The van der Waals surface area contributed by atoms with Crippen LogP contribution in [0.3, 0.4) is 0 Å². The lowest BCUT2D eigenvalue weighted by Crippen LogP contribution is -2.32. The van der Waals surface area contributed by atoms with Crippen LogP contribution in [0, 0.1) is 0 Å². The average molecular weight is 398 g/mol. The maximum Gasteiger partial charge on any atom is 0.344 e. The molecular weight excluding hydrogens is 385 g/mol. The Hall–Kier alpha value is -2.69. The molecular formula is C21H13Cl2NO3. The predicted octanol–water partition coefficient (Wildman–Crippen LogP) is 5.61. The summed E-state index contributed by atoms with van der Waals surface area (Å²) in [4.78, 5) is 14.4. The first-order chi connectivity index (χ1) is 13.1. The van der Waals surface area contributed by atoms with E-state index in [9.17, 15) is 4.79 Å². The van der Waals surface area contributed by atoms with Crippen molar-refractivity contribution in [1.29, 1.82) is 0 Å². The quantitative estimate of drug-likeness (QED) is 0.309. The predicted molar refractivity (Wildman–Crippen MR) is 108 cm³/mol. The molecule has 0 bridgehead atoms. The van der Waals surface area contributed by atoms with Gasteiger partial charge in [-0.05, 0) is 35.7 Å². The first-order valence-electron chi connectivity index (χ1n) is 8.42. The Morgan fingerprint density at radius 2 is 1.70 bits per heavy atom. The molecule has 1 aliphatic rings. The van der Waals surface area contributed by atoms with Crippen LogP contribution in [0.4, 0.5) is 5.69 Å². The number of hydrogen-bond acceptors (Lipinski definition) is 4. The van der Waals surface area contributed by atoms with E-state index < -0.39 is 0 Å². The summed E-state index contributed by atoms with van der Waals surface area (Å²) in [6.45, 7) is 0.824. The molecule has 0 spiro atoms. The molecule has 0 atom stereocenters. The molecule has 5 rings (SSSR count). The van der Waals surface area contributed by atoms with Crippen molar-refractivity contribution in [1.82, 2.24) is 0 Å². The van der Waals surface area contributed by atoms with Crippen molar-refractivity contribution in [3.63, 3.8) is 0 Å². The third kappa shape index (κ3) is 2.56. The van der Waals surface area contributed by atoms with Crippen LogP contribution in [0.25, 0.3) is 21.7 Å². The minimum absolute atomic E-state index is 0.330. The van der Waals surface area contributed by atoms with Crippen LogP contribution in [0.15, 0.2) is 63.8 Å². The SMILES string of the molecule is O=c1oc2c3c(ccc2c2ccccc12)OCN(c1cccc(Cl)c1Cl)C3. The summed E-state index contributed by atoms with van der Waals surface area (Å²) in [7, 11) is 0. The Labute approximate surface area is 164 Å². The van der Waals surface area contributed by atoms with E-state index in [1.807, 2.05) is 47.4 Å². The van der Waals surface area contributed by atoms with Crippen molar-refractivity contribution >= 4 is 50.6 Å². The number of hydrogen-bond donors (Lipinski definition) is 0. The molecule has 0 amide bonds. The fourth-order valence-corrected chi connectivity index (χ4v) is 3.96. The normalized spacial score (nSPS) is 13.6. The molecule has 0 fully saturated rings. The van der Waals surface area contributed by atoms with Crippen LogP contribution in [0.5, 0.6) is 5.75 Å². The molecule has 1 aliphatic heterocycles. The monoisotopic (exact) mass is 397 g/mol. The number of ether oxygens (including phenoxy) is 1. The van der Waals surface area contributed by atoms with Gasteiger partial charge in [-0.1, -0.05) is 47.5 Å². The van der Waals surface area contributed by atoms with Gasteiger partial charge < -0.3 is 14.1 Å². The Bertz CT molecular complexity index is 1270. The highest BCUT2D eigenvalue weighted by molar-refractivity contribution is 6.43. The lowest BCUT2D eigenvalue weighted by atomic mass is 10.0. The van der Waals surface area contributed by atoms with E-state index in [1.54, 1.807) is 12.1 Å². The molecule has 0 radical (unpaired) electrons. The second kappa shape index (κ2) is 6.19. The molecule has 1 aromatic heterocycles. The summed E-state index contributed by atoms with van der Waals surface area (Å²) in [5.74, 6) is 0.704. The summed E-state index contributed by atoms with van der Waals surface area (Å²) < 4.78 is 11.6. The van der Waals surface area contributed by atoms with E-state index in [4.69, 9.17) is 32.4 Å². The zero-order chi connectivity index (χ0) is 18.5. The number of anilines is 1. The van der Waals surface area contributed by atoms with Gasteiger partial charge >= 0.3 is 5.63 Å². The van der Waals surface area contributed by atoms with Crippen LogP contribution in [0.2, 0.25) is 10.0 Å². The molecule has 2 heterocycles. The zero-order valence-corrected chi connectivity index (χ0v) is 15.6. The van der Waals surface area contributed by atoms with Crippen molar-refractivity contribution in [3.8, 4) is 5.75 Å². The summed E-state index contributed by atoms with van der Waals surface area (Å²) in [6, 6.07) is 16.8. The highest BCUT2D eigenvalue weighted by atomic mass is 35.5. The number of benzene rings is 3. The van der Waals surface area contributed by atoms with Crippen LogP contribution in [0.1, 0.15) is 5.56 Å². The number of rotatable bonds is 1. The van der Waals surface area contributed by atoms with E-state index in [0.29, 0.717) is 40.0 Å². The Morgan fingerprint density at radius 1 is 0.889 bits per heavy atom. The largest absolute Gasteiger partial charge is 0.473 e. The maximum atomic E-state index is 12.5. The number of halogens is 2. The highest BCUT2D eigenvalue weighted by Crippen LogP contribution is 2.39. The van der Waals surface area contributed by atoms with Gasteiger partial charge in [0.2, 0.25) is 0 Å². The minimum Gasteiger partial charge on any atom is -0.473 e. The van der Waals surface area contributed by atoms with E-state index in [1.165, 1.54) is 0 Å². The molecule has 0 saturated heterocycles. The Morgan fingerprint density at radius 3 is 2.56 bits per heavy atom. The summed E-state index contributed by atoms with van der Waals surface area (Å²) in [6.07, 6.45) is 0. The molecule has 0 unspecified atom stereocenters. The van der Waals surface area contributed by atoms with E-state index in [2.05, 4.69) is 0 Å². The second-order valence-electron chi connectivity index (χ2n) is 6.40. The van der Waals surface area contributed by atoms with Crippen molar-refractivity contribution < 1.29 is 9.15 Å². The lowest BCUT2D eigenvalue weighted by molar-refractivity contribution is 0.289. The molecule has 4 aromatic rings. The average Bonchev–Trinajstić information content (AvgIpc) is 2.70. The number of fused-ring (bicyclic) bond motifs is 5. The smallest absolute Gasteiger partial charge is 0.344 e. The zero-order valence-electron chi connectivity index (χ0n) is 14.0. The molecule has 134 valence electrons. The van der Waals surface area contributed by atoms with Crippen LogP contribution in [-0.4, -0.2) is 6.73 Å². The maximum absolute atomic E-state index is 12.5. The van der Waals surface area contributed by atoms with Gasteiger partial charge in [0.15, 0.2) is 6.73 Å². The van der Waals surface area contributed by atoms with Crippen molar-refractivity contribution in [3.05, 3.63) is 80.6 Å². The standard InChI is InChI=1S/C21H13Cl2NO3/c22-16-6-3-7-17(19(16)23)24-10-15-18(26-11-24)9-8-13-12-4-1-2-5-14(12)21(25)27-20(13)15/h1-9H,10-11H2. The van der Waals surface area contributed by atoms with Crippen LogP contribution < -0.4 is 15.3 Å². The summed E-state index contributed by atoms with van der Waals surface area (Å²) in [5.41, 5.74) is 1.77. The van der Waals surface area contributed by atoms with Crippen LogP contribution in [-0.2, 0) is 6.54 Å². The van der Waals surface area contributed by atoms with Gasteiger partial charge in [0.25, 0.3) is 0 Å². The third-order valence-corrected chi connectivity index (χ3v) is 5.66. The minimum atomic E-state index is -0.357. The number of nitrogens with zero attached hydrogens (tertiary/aromatic N) is 1. The molecule has 6 heteroatoms. The topological polar surface area (TPSA) is 42.7 Å². The van der Waals surface area contributed by atoms with Crippen molar-refractivity contribution in [2.45, 2.75) is 6.54 Å². The third-order valence-electron chi connectivity index (χ3n) is 4.85. The van der Waals surface area contributed by atoms with Crippen LogP contribution >= 0.6 is 23.2 Å². The van der Waals surface area contributed by atoms with E-state index in [0.717, 1.165) is 22.0 Å². The van der Waals surface area contributed by atoms with E-state index in [-0.39, 0.29) is 5.63 Å². The van der Waals surface area contributed by atoms with Gasteiger partial charge in [0.1, 0.15) is 11.3 Å². The Kier molecular flexibility index (Phi) is 3.78. The highest BCUT2D eigenvalue weighted by Gasteiger charge is 2.24. The second-order valence-corrected chi connectivity index (χ2v) is 7.18. The van der Waals surface area contributed by atoms with E-state index >= 15 is 0 Å². The lowest BCUT2D eigenvalue weighted by Gasteiger charge is -2.31. The summed E-state index contributed by atoms with van der Waals surface area (Å²) >= 11 is 12.5. The molecule has 4 nitrogen and oxygen atoms in total.